The van der Waals surface area contributed by atoms with Gasteiger partial charge in [-0.15, -0.1) is 0 Å². The van der Waals surface area contributed by atoms with Crippen molar-refractivity contribution >= 4 is 30.1 Å². The van der Waals surface area contributed by atoms with Gasteiger partial charge < -0.3 is 29.4 Å². The fourth-order valence-electron chi connectivity index (χ4n) is 6.07. The van der Waals surface area contributed by atoms with Crippen LogP contribution in [0.1, 0.15) is 50.2 Å². The predicted molar refractivity (Wildman–Crippen MR) is 120 cm³/mol. The number of carbonyl (C=O) groups is 2. The summed E-state index contributed by atoms with van der Waals surface area (Å²) in [4.78, 5) is 28.2. The Morgan fingerprint density at radius 3 is 2.62 bits per heavy atom. The van der Waals surface area contributed by atoms with Crippen molar-refractivity contribution in [2.75, 3.05) is 4.90 Å². The highest BCUT2D eigenvalue weighted by Gasteiger charge is 2.66. The Hall–Kier alpha value is -2.50. The highest BCUT2D eigenvalue weighted by atomic mass is 16.6. The second-order valence-electron chi connectivity index (χ2n) is 9.50. The molecular weight excluding hydrogens is 441 g/mol. The molecule has 1 aliphatic carbocycles. The van der Waals surface area contributed by atoms with Gasteiger partial charge in [-0.25, -0.2) is 0 Å². The average molecular weight is 469 g/mol. The van der Waals surface area contributed by atoms with Gasteiger partial charge in [0.1, 0.15) is 24.2 Å². The van der Waals surface area contributed by atoms with Gasteiger partial charge in [0.05, 0.1) is 17.5 Å². The molecule has 3 heterocycles. The van der Waals surface area contributed by atoms with E-state index >= 15 is 0 Å². The maximum absolute atomic E-state index is 13.6. The smallest absolute Gasteiger partial charge is 0.461 e. The number of ether oxygens (including phenoxy) is 1. The lowest BCUT2D eigenvalue weighted by molar-refractivity contribution is -0.271. The zero-order chi connectivity index (χ0) is 24.2. The number of hydrogen-bond donors (Lipinski definition) is 4. The molecular formula is C24H28BNO8. The topological polar surface area (TPSA) is 141 Å². The number of aliphatic hydroxyl groups excluding tert-OH is 1. The van der Waals surface area contributed by atoms with E-state index in [1.54, 1.807) is 24.3 Å². The van der Waals surface area contributed by atoms with Crippen molar-refractivity contribution in [2.45, 2.75) is 51.1 Å². The Morgan fingerprint density at radius 1 is 1.15 bits per heavy atom. The standard InChI is InChI=1S/C24H28BNO8/c1-2-4-13-9-17-21(18-11-20(34-24(13,18)30)19-8-7-16(12-27)33-19)23(29)26(22(17)28)15-6-3-5-14(10-15)25(31)32/h3,5-8,10,13,17-18,20-21,27,30-32H,2,4,9,11-12H2,1H3/t13-,17-,18-,20-,21-,24+/m0/s1. The highest BCUT2D eigenvalue weighted by molar-refractivity contribution is 6.58. The quantitative estimate of drug-likeness (QED) is 0.361. The van der Waals surface area contributed by atoms with Crippen molar-refractivity contribution < 1.29 is 39.0 Å². The summed E-state index contributed by atoms with van der Waals surface area (Å²) in [6.07, 6.45) is 1.44. The van der Waals surface area contributed by atoms with E-state index in [0.717, 1.165) is 11.3 Å². The van der Waals surface area contributed by atoms with Gasteiger partial charge in [0.15, 0.2) is 5.79 Å². The lowest BCUT2D eigenvalue weighted by Crippen LogP contribution is -2.53. The number of imide groups is 1. The van der Waals surface area contributed by atoms with Gasteiger partial charge in [-0.05, 0) is 49.0 Å². The van der Waals surface area contributed by atoms with E-state index in [4.69, 9.17) is 9.15 Å². The molecule has 2 aromatic rings. The molecule has 4 N–H and O–H groups in total. The molecule has 1 saturated carbocycles. The first-order valence-corrected chi connectivity index (χ1v) is 11.7. The van der Waals surface area contributed by atoms with Gasteiger partial charge >= 0.3 is 7.12 Å². The number of aliphatic hydroxyl groups is 2. The predicted octanol–water partition coefficient (Wildman–Crippen LogP) is 0.844. The molecule has 34 heavy (non-hydrogen) atoms. The Morgan fingerprint density at radius 2 is 1.94 bits per heavy atom. The first-order chi connectivity index (χ1) is 16.3. The summed E-state index contributed by atoms with van der Waals surface area (Å²) in [5, 5.41) is 40.2. The normalized spacial score (nSPS) is 32.7. The van der Waals surface area contributed by atoms with E-state index in [1.807, 2.05) is 6.92 Å². The minimum atomic E-state index is -1.73. The highest BCUT2D eigenvalue weighted by Crippen LogP contribution is 2.59. The molecule has 9 nitrogen and oxygen atoms in total. The molecule has 3 fully saturated rings. The van der Waals surface area contributed by atoms with Gasteiger partial charge in [-0.2, -0.15) is 0 Å². The molecule has 3 aliphatic rings. The summed E-state index contributed by atoms with van der Waals surface area (Å²) in [6, 6.07) is 9.41. The van der Waals surface area contributed by atoms with Gasteiger partial charge in [0, 0.05) is 11.8 Å². The summed E-state index contributed by atoms with van der Waals surface area (Å²) in [5.74, 6) is -3.78. The third-order valence-electron chi connectivity index (χ3n) is 7.58. The molecule has 2 saturated heterocycles. The molecule has 10 heteroatoms. The molecule has 2 amide bonds. The molecule has 0 radical (unpaired) electrons. The maximum atomic E-state index is 13.6. The van der Waals surface area contributed by atoms with Crippen molar-refractivity contribution in [3.63, 3.8) is 0 Å². The molecule has 0 bridgehead atoms. The van der Waals surface area contributed by atoms with Crippen molar-refractivity contribution in [1.29, 1.82) is 0 Å². The zero-order valence-corrected chi connectivity index (χ0v) is 18.8. The molecule has 1 aromatic carbocycles. The molecule has 1 aromatic heterocycles. The second kappa shape index (κ2) is 8.62. The first kappa shape index (κ1) is 23.3. The fourth-order valence-corrected chi connectivity index (χ4v) is 6.07. The Labute approximate surface area is 197 Å². The Balaban J connectivity index is 1.51. The van der Waals surface area contributed by atoms with E-state index < -0.39 is 42.7 Å². The number of furan rings is 1. The lowest BCUT2D eigenvalue weighted by atomic mass is 9.63. The number of nitrogens with zero attached hydrogens (tertiary/aromatic N) is 1. The zero-order valence-electron chi connectivity index (χ0n) is 18.8. The van der Waals surface area contributed by atoms with E-state index in [2.05, 4.69) is 0 Å². The van der Waals surface area contributed by atoms with Crippen LogP contribution in [0.4, 0.5) is 5.69 Å². The summed E-state index contributed by atoms with van der Waals surface area (Å²) < 4.78 is 11.8. The Kier molecular flexibility index (Phi) is 5.90. The first-order valence-electron chi connectivity index (χ1n) is 11.7. The average Bonchev–Trinajstić information content (AvgIpc) is 3.49. The monoisotopic (exact) mass is 469 g/mol. The van der Waals surface area contributed by atoms with Crippen LogP contribution in [0.15, 0.2) is 40.8 Å². The molecule has 180 valence electrons. The summed E-state index contributed by atoms with van der Waals surface area (Å²) in [6.45, 7) is 1.74. The van der Waals surface area contributed by atoms with Gasteiger partial charge in [-0.3, -0.25) is 14.5 Å². The van der Waals surface area contributed by atoms with Crippen LogP contribution in [-0.4, -0.2) is 45.0 Å². The van der Waals surface area contributed by atoms with E-state index in [-0.39, 0.29) is 29.6 Å². The van der Waals surface area contributed by atoms with E-state index in [9.17, 15) is 29.9 Å². The van der Waals surface area contributed by atoms with Crippen LogP contribution in [0.25, 0.3) is 0 Å². The van der Waals surface area contributed by atoms with Gasteiger partial charge in [0.2, 0.25) is 11.8 Å². The van der Waals surface area contributed by atoms with Crippen molar-refractivity contribution in [2.24, 2.45) is 23.7 Å². The fraction of sp³-hybridized carbons (Fsp3) is 0.500. The minimum absolute atomic E-state index is 0.176. The molecule has 0 unspecified atom stereocenters. The number of carbonyl (C=O) groups excluding carboxylic acids is 2. The summed E-state index contributed by atoms with van der Waals surface area (Å²) >= 11 is 0. The number of benzene rings is 1. The lowest BCUT2D eigenvalue weighted by Gasteiger charge is -2.44. The Bertz CT molecular complexity index is 1100. The van der Waals surface area contributed by atoms with Crippen LogP contribution in [0.3, 0.4) is 0 Å². The van der Waals surface area contributed by atoms with E-state index in [0.29, 0.717) is 30.8 Å². The number of anilines is 1. The summed E-state index contributed by atoms with van der Waals surface area (Å²) in [5.41, 5.74) is 0.453. The molecule has 0 spiro atoms. The molecule has 6 atom stereocenters. The number of hydrogen-bond acceptors (Lipinski definition) is 8. The van der Waals surface area contributed by atoms with E-state index in [1.165, 1.54) is 12.1 Å². The molecule has 5 rings (SSSR count). The number of fused-ring (bicyclic) bond motifs is 3. The van der Waals surface area contributed by atoms with Crippen LogP contribution in [-0.2, 0) is 20.9 Å². The summed E-state index contributed by atoms with van der Waals surface area (Å²) in [7, 11) is -1.73. The number of rotatable bonds is 6. The van der Waals surface area contributed by atoms with Crippen LogP contribution in [0, 0.1) is 23.7 Å². The van der Waals surface area contributed by atoms with Crippen molar-refractivity contribution in [3.05, 3.63) is 47.9 Å². The van der Waals surface area contributed by atoms with Crippen LogP contribution >= 0.6 is 0 Å². The van der Waals surface area contributed by atoms with Crippen molar-refractivity contribution in [3.8, 4) is 0 Å². The van der Waals surface area contributed by atoms with Crippen molar-refractivity contribution in [1.82, 2.24) is 0 Å². The van der Waals surface area contributed by atoms with Crippen LogP contribution < -0.4 is 10.4 Å². The third-order valence-corrected chi connectivity index (χ3v) is 7.58. The third kappa shape index (κ3) is 3.52. The second-order valence-corrected chi connectivity index (χ2v) is 9.50. The van der Waals surface area contributed by atoms with Gasteiger partial charge in [-0.1, -0.05) is 25.5 Å². The SMILES string of the molecule is CCC[C@H]1C[C@@H]2C(=O)N(c3cccc(B(O)O)c3)C(=O)[C@@H]2[C@@H]2C[C@@H](c3ccc(CO)o3)O[C@]12O. The van der Waals surface area contributed by atoms with Gasteiger partial charge in [0.25, 0.3) is 0 Å². The van der Waals surface area contributed by atoms with Crippen LogP contribution in [0.2, 0.25) is 0 Å². The van der Waals surface area contributed by atoms with Crippen LogP contribution in [0.5, 0.6) is 0 Å². The maximum Gasteiger partial charge on any atom is 0.488 e. The number of amides is 2. The largest absolute Gasteiger partial charge is 0.488 e. The minimum Gasteiger partial charge on any atom is -0.461 e. The molecule has 2 aliphatic heterocycles.